The maximum absolute atomic E-state index is 6.37. The minimum Gasteiger partial charge on any atom is -0.357 e. The van der Waals surface area contributed by atoms with E-state index in [1.807, 2.05) is 18.2 Å². The van der Waals surface area contributed by atoms with Crippen LogP contribution in [0.1, 0.15) is 49.2 Å². The number of halogens is 1. The first kappa shape index (κ1) is 15.1. The molecule has 1 aliphatic heterocycles. The summed E-state index contributed by atoms with van der Waals surface area (Å²) in [5.74, 6) is 3.56. The zero-order valence-corrected chi connectivity index (χ0v) is 14.6. The van der Waals surface area contributed by atoms with Crippen LogP contribution in [0.3, 0.4) is 0 Å². The normalized spacial score (nSPS) is 18.8. The van der Waals surface area contributed by atoms with E-state index in [2.05, 4.69) is 32.2 Å². The predicted octanol–water partition coefficient (Wildman–Crippen LogP) is 4.53. The standard InChI is InChI=1S/C19H19ClN4O/c20-17-15-4-2-1-3-14(15)11-16(21-17)24-9-7-12(8-10-24)18-22-19(25-23-18)13-5-6-13/h1-4,11-13H,5-10H2. The van der Waals surface area contributed by atoms with Gasteiger partial charge in [0.1, 0.15) is 11.0 Å². The molecule has 5 rings (SSSR count). The molecule has 0 bridgehead atoms. The van der Waals surface area contributed by atoms with Gasteiger partial charge in [0.2, 0.25) is 5.89 Å². The molecule has 3 heterocycles. The third kappa shape index (κ3) is 2.86. The zero-order valence-electron chi connectivity index (χ0n) is 13.9. The van der Waals surface area contributed by atoms with Crippen LogP contribution in [0, 0.1) is 0 Å². The maximum atomic E-state index is 6.37. The van der Waals surface area contributed by atoms with E-state index in [0.29, 0.717) is 17.0 Å². The summed E-state index contributed by atoms with van der Waals surface area (Å²) in [6, 6.07) is 10.2. The van der Waals surface area contributed by atoms with E-state index in [0.717, 1.165) is 54.2 Å². The topological polar surface area (TPSA) is 55.1 Å². The number of fused-ring (bicyclic) bond motifs is 1. The van der Waals surface area contributed by atoms with E-state index in [9.17, 15) is 0 Å². The van der Waals surface area contributed by atoms with Crippen molar-refractivity contribution >= 4 is 28.2 Å². The molecular formula is C19H19ClN4O. The quantitative estimate of drug-likeness (QED) is 0.646. The Hall–Kier alpha value is -2.14. The van der Waals surface area contributed by atoms with Crippen molar-refractivity contribution in [3.8, 4) is 0 Å². The predicted molar refractivity (Wildman–Crippen MR) is 97.2 cm³/mol. The molecule has 1 saturated heterocycles. The second-order valence-corrected chi connectivity index (χ2v) is 7.38. The van der Waals surface area contributed by atoms with Crippen molar-refractivity contribution in [3.05, 3.63) is 47.2 Å². The van der Waals surface area contributed by atoms with Crippen molar-refractivity contribution in [2.45, 2.75) is 37.5 Å². The summed E-state index contributed by atoms with van der Waals surface area (Å²) in [7, 11) is 0. The minimum atomic E-state index is 0.378. The van der Waals surface area contributed by atoms with Crippen molar-refractivity contribution in [2.24, 2.45) is 0 Å². The summed E-state index contributed by atoms with van der Waals surface area (Å²) >= 11 is 6.37. The van der Waals surface area contributed by atoms with Crippen LogP contribution >= 0.6 is 11.6 Å². The maximum Gasteiger partial charge on any atom is 0.229 e. The molecule has 2 aliphatic rings. The number of piperidine rings is 1. The molecule has 5 nitrogen and oxygen atoms in total. The smallest absolute Gasteiger partial charge is 0.229 e. The second kappa shape index (κ2) is 5.99. The largest absolute Gasteiger partial charge is 0.357 e. The third-order valence-electron chi connectivity index (χ3n) is 5.25. The summed E-state index contributed by atoms with van der Waals surface area (Å²) in [6.45, 7) is 1.86. The average molecular weight is 355 g/mol. The molecule has 0 spiro atoms. The van der Waals surface area contributed by atoms with Gasteiger partial charge >= 0.3 is 0 Å². The van der Waals surface area contributed by atoms with Crippen molar-refractivity contribution in [1.82, 2.24) is 15.1 Å². The van der Waals surface area contributed by atoms with E-state index >= 15 is 0 Å². The van der Waals surface area contributed by atoms with Crippen molar-refractivity contribution in [3.63, 3.8) is 0 Å². The lowest BCUT2D eigenvalue weighted by atomic mass is 9.96. The molecule has 0 N–H and O–H groups in total. The van der Waals surface area contributed by atoms with Gasteiger partial charge in [-0.05, 0) is 37.1 Å². The highest BCUT2D eigenvalue weighted by Crippen LogP contribution is 2.40. The van der Waals surface area contributed by atoms with E-state index in [1.165, 1.54) is 12.8 Å². The summed E-state index contributed by atoms with van der Waals surface area (Å²) in [6.07, 6.45) is 4.40. The SMILES string of the molecule is Clc1nc(N2CCC(c3noc(C4CC4)n3)CC2)cc2ccccc12. The fourth-order valence-electron chi connectivity index (χ4n) is 3.58. The molecule has 25 heavy (non-hydrogen) atoms. The molecule has 2 fully saturated rings. The number of nitrogens with zero attached hydrogens (tertiary/aromatic N) is 4. The van der Waals surface area contributed by atoms with Gasteiger partial charge < -0.3 is 9.42 Å². The number of hydrogen-bond acceptors (Lipinski definition) is 5. The Balaban J connectivity index is 1.32. The van der Waals surface area contributed by atoms with Crippen LogP contribution in [0.5, 0.6) is 0 Å². The molecule has 6 heteroatoms. The third-order valence-corrected chi connectivity index (χ3v) is 5.54. The van der Waals surface area contributed by atoms with Crippen molar-refractivity contribution in [2.75, 3.05) is 18.0 Å². The number of aromatic nitrogens is 3. The van der Waals surface area contributed by atoms with Gasteiger partial charge in [-0.1, -0.05) is 41.0 Å². The monoisotopic (exact) mass is 354 g/mol. The molecule has 0 amide bonds. The lowest BCUT2D eigenvalue weighted by Crippen LogP contribution is -2.33. The van der Waals surface area contributed by atoms with Gasteiger partial charge in [-0.3, -0.25) is 0 Å². The number of hydrogen-bond donors (Lipinski definition) is 0. The Labute approximate surface area is 151 Å². The molecule has 1 saturated carbocycles. The summed E-state index contributed by atoms with van der Waals surface area (Å²) in [5.41, 5.74) is 0. The van der Waals surface area contributed by atoms with Crippen LogP contribution in [0.25, 0.3) is 10.8 Å². The van der Waals surface area contributed by atoms with E-state index in [-0.39, 0.29) is 0 Å². The Morgan fingerprint density at radius 2 is 1.80 bits per heavy atom. The van der Waals surface area contributed by atoms with Gasteiger partial charge in [0.25, 0.3) is 0 Å². The highest BCUT2D eigenvalue weighted by Gasteiger charge is 2.32. The molecule has 128 valence electrons. The van der Waals surface area contributed by atoms with Gasteiger partial charge in [-0.2, -0.15) is 4.98 Å². The van der Waals surface area contributed by atoms with Gasteiger partial charge in [0, 0.05) is 30.3 Å². The minimum absolute atomic E-state index is 0.378. The Morgan fingerprint density at radius 3 is 2.60 bits per heavy atom. The number of rotatable bonds is 3. The molecule has 0 atom stereocenters. The molecule has 0 radical (unpaired) electrons. The van der Waals surface area contributed by atoms with E-state index in [1.54, 1.807) is 0 Å². The highest BCUT2D eigenvalue weighted by molar-refractivity contribution is 6.34. The number of benzene rings is 1. The number of anilines is 1. The van der Waals surface area contributed by atoms with Crippen LogP contribution in [0.4, 0.5) is 5.82 Å². The Kier molecular flexibility index (Phi) is 3.63. The molecular weight excluding hydrogens is 336 g/mol. The Bertz CT molecular complexity index is 913. The van der Waals surface area contributed by atoms with E-state index < -0.39 is 0 Å². The highest BCUT2D eigenvalue weighted by atomic mass is 35.5. The average Bonchev–Trinajstić information content (AvgIpc) is 3.39. The van der Waals surface area contributed by atoms with Gasteiger partial charge in [-0.15, -0.1) is 0 Å². The second-order valence-electron chi connectivity index (χ2n) is 7.02. The molecule has 2 aromatic heterocycles. The summed E-state index contributed by atoms with van der Waals surface area (Å²) in [5, 5.41) is 6.92. The molecule has 1 aromatic carbocycles. The molecule has 1 aliphatic carbocycles. The van der Waals surface area contributed by atoms with Crippen LogP contribution in [-0.2, 0) is 0 Å². The lowest BCUT2D eigenvalue weighted by Gasteiger charge is -2.31. The van der Waals surface area contributed by atoms with Crippen LogP contribution in [0.15, 0.2) is 34.9 Å². The van der Waals surface area contributed by atoms with Gasteiger partial charge in [0.05, 0.1) is 0 Å². The first-order valence-corrected chi connectivity index (χ1v) is 9.29. The van der Waals surface area contributed by atoms with Crippen LogP contribution < -0.4 is 4.90 Å². The van der Waals surface area contributed by atoms with Gasteiger partial charge in [-0.25, -0.2) is 4.98 Å². The van der Waals surface area contributed by atoms with Gasteiger partial charge in [0.15, 0.2) is 5.82 Å². The van der Waals surface area contributed by atoms with Crippen molar-refractivity contribution in [1.29, 1.82) is 0 Å². The number of pyridine rings is 1. The lowest BCUT2D eigenvalue weighted by molar-refractivity contribution is 0.364. The van der Waals surface area contributed by atoms with Crippen LogP contribution in [0.2, 0.25) is 5.15 Å². The fourth-order valence-corrected chi connectivity index (χ4v) is 3.84. The molecule has 0 unspecified atom stereocenters. The zero-order chi connectivity index (χ0) is 16.8. The summed E-state index contributed by atoms with van der Waals surface area (Å²) in [4.78, 5) is 11.5. The summed E-state index contributed by atoms with van der Waals surface area (Å²) < 4.78 is 5.41. The molecule has 3 aromatic rings. The fraction of sp³-hybridized carbons (Fsp3) is 0.421. The van der Waals surface area contributed by atoms with Crippen LogP contribution in [-0.4, -0.2) is 28.2 Å². The first-order chi connectivity index (χ1) is 12.3. The Morgan fingerprint density at radius 1 is 1.00 bits per heavy atom. The van der Waals surface area contributed by atoms with Crippen molar-refractivity contribution < 1.29 is 4.52 Å². The first-order valence-electron chi connectivity index (χ1n) is 8.91. The van der Waals surface area contributed by atoms with E-state index in [4.69, 9.17) is 16.1 Å².